The lowest BCUT2D eigenvalue weighted by Crippen LogP contribution is -2.37. The first-order valence-corrected chi connectivity index (χ1v) is 6.48. The van der Waals surface area contributed by atoms with Gasteiger partial charge >= 0.3 is 0 Å². The molecule has 0 bridgehead atoms. The Morgan fingerprint density at radius 3 is 2.86 bits per heavy atom. The zero-order valence-corrected chi connectivity index (χ0v) is 11.2. The molecule has 0 saturated carbocycles. The van der Waals surface area contributed by atoms with Gasteiger partial charge in [-0.25, -0.2) is 9.97 Å². The number of H-pyrrole nitrogens is 1. The van der Waals surface area contributed by atoms with Gasteiger partial charge in [-0.15, -0.1) is 0 Å². The molecule has 7 heteroatoms. The van der Waals surface area contributed by atoms with Crippen molar-refractivity contribution in [3.63, 3.8) is 0 Å². The Labute approximate surface area is 120 Å². The Bertz CT molecular complexity index is 754. The zero-order chi connectivity index (χ0) is 14.7. The van der Waals surface area contributed by atoms with E-state index in [0.29, 0.717) is 17.9 Å². The highest BCUT2D eigenvalue weighted by Crippen LogP contribution is 2.18. The average molecular weight is 282 g/mol. The average Bonchev–Trinajstić information content (AvgIpc) is 2.97. The molecule has 3 aromatic rings. The number of anilines is 1. The largest absolute Gasteiger partial charge is 0.368 e. The van der Waals surface area contributed by atoms with E-state index in [1.807, 2.05) is 30.3 Å². The van der Waals surface area contributed by atoms with Gasteiger partial charge in [0.1, 0.15) is 18.2 Å². The quantitative estimate of drug-likeness (QED) is 0.643. The summed E-state index contributed by atoms with van der Waals surface area (Å²) < 4.78 is 0. The molecular formula is C14H14N6O. The number of nitrogens with zero attached hydrogens (tertiary/aromatic N) is 3. The summed E-state index contributed by atoms with van der Waals surface area (Å²) in [5.41, 5.74) is 7.11. The van der Waals surface area contributed by atoms with Crippen molar-refractivity contribution in [2.45, 2.75) is 12.5 Å². The fraction of sp³-hybridized carbons (Fsp3) is 0.143. The van der Waals surface area contributed by atoms with Crippen molar-refractivity contribution >= 4 is 22.8 Å². The smallest absolute Gasteiger partial charge is 0.240 e. The monoisotopic (exact) mass is 282 g/mol. The minimum Gasteiger partial charge on any atom is -0.368 e. The molecule has 0 aliphatic heterocycles. The van der Waals surface area contributed by atoms with Gasteiger partial charge in [-0.3, -0.25) is 9.89 Å². The summed E-state index contributed by atoms with van der Waals surface area (Å²) in [6.07, 6.45) is 3.50. The standard InChI is InChI=1S/C14H14N6O/c15-12(21)11(6-9-4-2-1-3-5-9)19-13-10-7-18-20-14(10)17-8-16-13/h1-5,7-8,11H,6H2,(H2,15,21)(H2,16,17,18,19,20). The van der Waals surface area contributed by atoms with Crippen molar-refractivity contribution in [3.8, 4) is 0 Å². The van der Waals surface area contributed by atoms with Gasteiger partial charge in [-0.05, 0) is 5.56 Å². The maximum Gasteiger partial charge on any atom is 0.240 e. The number of hydrogen-bond acceptors (Lipinski definition) is 5. The SMILES string of the molecule is NC(=O)C(Cc1ccccc1)Nc1ncnc2[nH]ncc12. The van der Waals surface area contributed by atoms with E-state index in [0.717, 1.165) is 10.9 Å². The number of carbonyl (C=O) groups excluding carboxylic acids is 1. The van der Waals surface area contributed by atoms with Crippen LogP contribution in [0, 0.1) is 0 Å². The predicted molar refractivity (Wildman–Crippen MR) is 78.4 cm³/mol. The van der Waals surface area contributed by atoms with E-state index in [9.17, 15) is 4.79 Å². The molecule has 4 N–H and O–H groups in total. The van der Waals surface area contributed by atoms with Crippen LogP contribution in [0.1, 0.15) is 5.56 Å². The molecule has 2 heterocycles. The van der Waals surface area contributed by atoms with Gasteiger partial charge in [0.05, 0.1) is 11.6 Å². The number of nitrogens with two attached hydrogens (primary N) is 1. The second-order valence-electron chi connectivity index (χ2n) is 4.64. The first kappa shape index (κ1) is 13.0. The minimum absolute atomic E-state index is 0.436. The first-order chi connectivity index (χ1) is 10.2. The van der Waals surface area contributed by atoms with Crippen molar-refractivity contribution in [2.75, 3.05) is 5.32 Å². The highest BCUT2D eigenvalue weighted by atomic mass is 16.1. The van der Waals surface area contributed by atoms with Crippen molar-refractivity contribution in [1.82, 2.24) is 20.2 Å². The zero-order valence-electron chi connectivity index (χ0n) is 11.2. The Morgan fingerprint density at radius 1 is 1.29 bits per heavy atom. The lowest BCUT2D eigenvalue weighted by Gasteiger charge is -2.16. The minimum atomic E-state index is -0.555. The van der Waals surface area contributed by atoms with Crippen LogP contribution in [0.15, 0.2) is 42.9 Å². The number of primary amides is 1. The molecule has 106 valence electrons. The van der Waals surface area contributed by atoms with Gasteiger partial charge in [0, 0.05) is 6.42 Å². The summed E-state index contributed by atoms with van der Waals surface area (Å²) in [6, 6.07) is 9.12. The number of hydrogen-bond donors (Lipinski definition) is 3. The van der Waals surface area contributed by atoms with E-state index < -0.39 is 11.9 Å². The first-order valence-electron chi connectivity index (χ1n) is 6.48. The van der Waals surface area contributed by atoms with Gasteiger partial charge in [0.15, 0.2) is 5.65 Å². The number of aromatic amines is 1. The molecular weight excluding hydrogens is 268 g/mol. The van der Waals surface area contributed by atoms with Crippen LogP contribution in [0.2, 0.25) is 0 Å². The fourth-order valence-corrected chi connectivity index (χ4v) is 2.12. The van der Waals surface area contributed by atoms with Crippen LogP contribution in [-0.4, -0.2) is 32.1 Å². The molecule has 1 atom stereocenters. The van der Waals surface area contributed by atoms with E-state index in [4.69, 9.17) is 5.73 Å². The normalized spacial score (nSPS) is 12.2. The lowest BCUT2D eigenvalue weighted by molar-refractivity contribution is -0.118. The van der Waals surface area contributed by atoms with Crippen LogP contribution in [-0.2, 0) is 11.2 Å². The number of rotatable bonds is 5. The Morgan fingerprint density at radius 2 is 2.10 bits per heavy atom. The van der Waals surface area contributed by atoms with Crippen molar-refractivity contribution in [3.05, 3.63) is 48.4 Å². The molecule has 0 spiro atoms. The van der Waals surface area contributed by atoms with Crippen molar-refractivity contribution in [2.24, 2.45) is 5.73 Å². The summed E-state index contributed by atoms with van der Waals surface area (Å²) in [4.78, 5) is 19.9. The van der Waals surface area contributed by atoms with E-state index in [1.54, 1.807) is 6.20 Å². The topological polar surface area (TPSA) is 110 Å². The molecule has 0 saturated heterocycles. The molecule has 3 rings (SSSR count). The predicted octanol–water partition coefficient (Wildman–Crippen LogP) is 0.861. The lowest BCUT2D eigenvalue weighted by atomic mass is 10.1. The van der Waals surface area contributed by atoms with Crippen LogP contribution in [0.3, 0.4) is 0 Å². The van der Waals surface area contributed by atoms with Crippen LogP contribution in [0.4, 0.5) is 5.82 Å². The summed E-state index contributed by atoms with van der Waals surface area (Å²) in [7, 11) is 0. The van der Waals surface area contributed by atoms with E-state index in [2.05, 4.69) is 25.5 Å². The second kappa shape index (κ2) is 5.58. The third-order valence-corrected chi connectivity index (χ3v) is 3.19. The van der Waals surface area contributed by atoms with Gasteiger partial charge in [0.2, 0.25) is 5.91 Å². The number of benzene rings is 1. The van der Waals surface area contributed by atoms with Crippen LogP contribution < -0.4 is 11.1 Å². The summed E-state index contributed by atoms with van der Waals surface area (Å²) in [6.45, 7) is 0. The molecule has 1 aromatic carbocycles. The van der Waals surface area contributed by atoms with Crippen LogP contribution >= 0.6 is 0 Å². The molecule has 0 aliphatic rings. The van der Waals surface area contributed by atoms with Gasteiger partial charge in [-0.2, -0.15) is 5.10 Å². The molecule has 1 unspecified atom stereocenters. The molecule has 2 aromatic heterocycles. The summed E-state index contributed by atoms with van der Waals surface area (Å²) in [5.74, 6) is 0.0996. The van der Waals surface area contributed by atoms with Crippen molar-refractivity contribution in [1.29, 1.82) is 0 Å². The highest BCUT2D eigenvalue weighted by Gasteiger charge is 2.18. The van der Waals surface area contributed by atoms with Crippen LogP contribution in [0.25, 0.3) is 11.0 Å². The number of nitrogens with one attached hydrogen (secondary N) is 2. The fourth-order valence-electron chi connectivity index (χ4n) is 2.12. The Hall–Kier alpha value is -2.96. The van der Waals surface area contributed by atoms with Crippen LogP contribution in [0.5, 0.6) is 0 Å². The number of amides is 1. The maximum atomic E-state index is 11.7. The molecule has 0 radical (unpaired) electrons. The van der Waals surface area contributed by atoms with Gasteiger partial charge in [0.25, 0.3) is 0 Å². The number of aromatic nitrogens is 4. The highest BCUT2D eigenvalue weighted by molar-refractivity contribution is 5.89. The van der Waals surface area contributed by atoms with E-state index >= 15 is 0 Å². The summed E-state index contributed by atoms with van der Waals surface area (Å²) >= 11 is 0. The molecule has 1 amide bonds. The number of fused-ring (bicyclic) bond motifs is 1. The third kappa shape index (κ3) is 2.81. The van der Waals surface area contributed by atoms with Gasteiger partial charge < -0.3 is 11.1 Å². The Kier molecular flexibility index (Phi) is 3.46. The molecule has 0 aliphatic carbocycles. The third-order valence-electron chi connectivity index (χ3n) is 3.19. The molecule has 0 fully saturated rings. The molecule has 21 heavy (non-hydrogen) atoms. The summed E-state index contributed by atoms with van der Waals surface area (Å²) in [5, 5.41) is 10.5. The Balaban J connectivity index is 1.85. The molecule has 7 nitrogen and oxygen atoms in total. The van der Waals surface area contributed by atoms with E-state index in [-0.39, 0.29) is 0 Å². The van der Waals surface area contributed by atoms with E-state index in [1.165, 1.54) is 6.33 Å². The van der Waals surface area contributed by atoms with Gasteiger partial charge in [-0.1, -0.05) is 30.3 Å². The van der Waals surface area contributed by atoms with Crippen molar-refractivity contribution < 1.29 is 4.79 Å². The maximum absolute atomic E-state index is 11.7. The second-order valence-corrected chi connectivity index (χ2v) is 4.64. The number of carbonyl (C=O) groups is 1.